The van der Waals surface area contributed by atoms with Crippen molar-refractivity contribution in [2.24, 2.45) is 5.73 Å². The molecule has 0 fully saturated rings. The molecule has 0 heterocycles. The monoisotopic (exact) mass is 713 g/mol. The van der Waals surface area contributed by atoms with Crippen LogP contribution in [0, 0.1) is 0 Å². The molecule has 9 N–H and O–H groups in total. The number of carboxylic acids is 1. The van der Waals surface area contributed by atoms with E-state index in [1.165, 1.54) is 6.92 Å². The molecule has 50 heavy (non-hydrogen) atoms. The number of aliphatic carboxylic acids is 1. The number of rotatable bonds is 32. The highest BCUT2D eigenvalue weighted by Crippen LogP contribution is 2.10. The molecule has 0 aliphatic carbocycles. The van der Waals surface area contributed by atoms with Gasteiger partial charge in [-0.05, 0) is 58.4 Å². The number of unbranched alkanes of at least 4 members (excludes halogenated alkanes) is 6. The number of carbonyl (C=O) groups excluding carboxylic acids is 5. The van der Waals surface area contributed by atoms with Crippen molar-refractivity contribution in [1.82, 2.24) is 26.6 Å². The van der Waals surface area contributed by atoms with Gasteiger partial charge in [0.25, 0.3) is 0 Å². The smallest absolute Gasteiger partial charge is 0.303 e. The molecule has 0 aliphatic rings. The minimum Gasteiger partial charge on any atom is -0.481 e. The molecular formula is C36H68N6O8. The third-order valence-electron chi connectivity index (χ3n) is 8.72. The zero-order chi connectivity index (χ0) is 37.9. The number of hydrogen-bond donors (Lipinski definition) is 8. The Hall–Kier alpha value is -3.10. The van der Waals surface area contributed by atoms with Gasteiger partial charge in [0, 0.05) is 25.4 Å². The molecule has 14 nitrogen and oxygen atoms in total. The Morgan fingerprint density at radius 3 is 1.88 bits per heavy atom. The van der Waals surface area contributed by atoms with Gasteiger partial charge in [-0.2, -0.15) is 0 Å². The lowest BCUT2D eigenvalue weighted by Crippen LogP contribution is -2.56. The van der Waals surface area contributed by atoms with Gasteiger partial charge in [0.2, 0.25) is 23.6 Å². The zero-order valence-electron chi connectivity index (χ0n) is 31.3. The number of carbonyl (C=O) groups is 6. The number of primary amides is 1. The van der Waals surface area contributed by atoms with Crippen molar-refractivity contribution in [2.45, 2.75) is 180 Å². The van der Waals surface area contributed by atoms with E-state index in [1.807, 2.05) is 13.8 Å². The first kappa shape index (κ1) is 46.9. The van der Waals surface area contributed by atoms with Gasteiger partial charge >= 0.3 is 5.97 Å². The quantitative estimate of drug-likeness (QED) is 0.0476. The Kier molecular flexibility index (Phi) is 26.8. The summed E-state index contributed by atoms with van der Waals surface area (Å²) in [6, 6.07) is -3.79. The van der Waals surface area contributed by atoms with Gasteiger partial charge in [0.1, 0.15) is 6.04 Å². The number of aliphatic hydroxyl groups excluding tert-OH is 1. The molecule has 14 heteroatoms. The van der Waals surface area contributed by atoms with Crippen LogP contribution in [0.3, 0.4) is 0 Å². The maximum Gasteiger partial charge on any atom is 0.303 e. The molecule has 1 unspecified atom stereocenters. The van der Waals surface area contributed by atoms with Crippen LogP contribution in [0.15, 0.2) is 0 Å². The lowest BCUT2D eigenvalue weighted by atomic mass is 10.0. The molecule has 0 bridgehead atoms. The first-order valence-electron chi connectivity index (χ1n) is 18.9. The van der Waals surface area contributed by atoms with Crippen LogP contribution in [0.1, 0.15) is 144 Å². The van der Waals surface area contributed by atoms with E-state index >= 15 is 0 Å². The summed E-state index contributed by atoms with van der Waals surface area (Å²) in [6.45, 7) is 10.3. The normalized spacial score (nSPS) is 14.8. The summed E-state index contributed by atoms with van der Waals surface area (Å²) in [5.74, 6) is -3.57. The Labute approximate surface area is 299 Å². The van der Waals surface area contributed by atoms with E-state index in [9.17, 15) is 39.0 Å². The lowest BCUT2D eigenvalue weighted by Gasteiger charge is -2.27. The van der Waals surface area contributed by atoms with E-state index in [0.717, 1.165) is 64.2 Å². The average Bonchev–Trinajstić information content (AvgIpc) is 3.06. The van der Waals surface area contributed by atoms with Crippen LogP contribution in [0.4, 0.5) is 0 Å². The Balaban J connectivity index is 5.57. The number of aliphatic hydroxyl groups is 1. The topological polar surface area (TPSA) is 229 Å². The van der Waals surface area contributed by atoms with Gasteiger partial charge in [-0.1, -0.05) is 72.6 Å². The number of carboxylic acid groups (broad SMARTS) is 1. The molecule has 6 atom stereocenters. The number of hydrogen-bond acceptors (Lipinski definition) is 9. The highest BCUT2D eigenvalue weighted by atomic mass is 16.4. The van der Waals surface area contributed by atoms with Crippen molar-refractivity contribution >= 4 is 35.4 Å². The third kappa shape index (κ3) is 21.9. The van der Waals surface area contributed by atoms with Crippen molar-refractivity contribution < 1.29 is 39.0 Å². The second-order valence-corrected chi connectivity index (χ2v) is 13.3. The van der Waals surface area contributed by atoms with Gasteiger partial charge in [0.15, 0.2) is 5.78 Å². The Bertz CT molecular complexity index is 1010. The molecule has 0 saturated heterocycles. The van der Waals surface area contributed by atoms with Gasteiger partial charge in [0.05, 0.1) is 30.7 Å². The first-order valence-corrected chi connectivity index (χ1v) is 18.9. The Morgan fingerprint density at radius 1 is 0.680 bits per heavy atom. The number of ketones is 1. The molecule has 0 rings (SSSR count). The summed E-state index contributed by atoms with van der Waals surface area (Å²) in [7, 11) is 0. The van der Waals surface area contributed by atoms with Gasteiger partial charge in [-0.3, -0.25) is 28.8 Å². The van der Waals surface area contributed by atoms with Gasteiger partial charge in [-0.15, -0.1) is 0 Å². The van der Waals surface area contributed by atoms with Gasteiger partial charge < -0.3 is 42.5 Å². The van der Waals surface area contributed by atoms with Crippen molar-refractivity contribution in [1.29, 1.82) is 0 Å². The average molecular weight is 713 g/mol. The molecule has 290 valence electrons. The third-order valence-corrected chi connectivity index (χ3v) is 8.72. The number of Topliss-reactive ketones (excluding diaryl/α,β-unsaturated/α-hetero) is 1. The largest absolute Gasteiger partial charge is 0.481 e. The number of nitrogens with two attached hydrogens (primary N) is 1. The molecule has 4 amide bonds. The summed E-state index contributed by atoms with van der Waals surface area (Å²) in [4.78, 5) is 75.9. The van der Waals surface area contributed by atoms with Crippen LogP contribution < -0.4 is 32.3 Å². The Morgan fingerprint density at radius 2 is 1.32 bits per heavy atom. The van der Waals surface area contributed by atoms with Crippen LogP contribution in [0.5, 0.6) is 0 Å². The minimum absolute atomic E-state index is 0.0433. The fraction of sp³-hybridized carbons (Fsp3) is 0.833. The SMILES string of the molecule is CCCCCCN[C@@H](CCC(=O)O)C(=O)N[C@@H](CC(=O)NCCC[C@H](NC(CC)CCC)C(=O)N[C@H](C(N)=O)[C@@H](C)O)C(=O)CCCCCC. The second-order valence-electron chi connectivity index (χ2n) is 13.3. The van der Waals surface area contributed by atoms with E-state index in [0.29, 0.717) is 25.8 Å². The van der Waals surface area contributed by atoms with E-state index in [4.69, 9.17) is 5.73 Å². The molecule has 0 aromatic heterocycles. The standard InChI is InChI=1S/C36H68N6O8/c1-6-10-12-14-19-30(44)29(41-35(49)27(20-21-32(46)47)38-22-15-13-11-7-2)24-31(45)39-23-16-18-28(40-26(9-4)17-8-3)36(50)42-33(25(5)43)34(37)48/h25-29,33,38,40,43H,6-24H2,1-5H3,(H2,37,48)(H,39,45)(H,41,49)(H,42,50)(H,46,47)/t25-,26?,27+,28+,29+,33+/m1/s1. The summed E-state index contributed by atoms with van der Waals surface area (Å²) in [5.41, 5.74) is 5.37. The summed E-state index contributed by atoms with van der Waals surface area (Å²) >= 11 is 0. The van der Waals surface area contributed by atoms with Crippen molar-refractivity contribution in [3.63, 3.8) is 0 Å². The molecule has 0 aromatic rings. The van der Waals surface area contributed by atoms with Crippen LogP contribution >= 0.6 is 0 Å². The summed E-state index contributed by atoms with van der Waals surface area (Å²) < 4.78 is 0. The number of amides is 4. The van der Waals surface area contributed by atoms with E-state index in [1.54, 1.807) is 0 Å². The highest BCUT2D eigenvalue weighted by molar-refractivity contribution is 5.94. The molecule has 0 saturated carbocycles. The molecule has 0 spiro atoms. The molecule has 0 aliphatic heterocycles. The second kappa shape index (κ2) is 28.6. The minimum atomic E-state index is -1.25. The highest BCUT2D eigenvalue weighted by Gasteiger charge is 2.29. The molecule has 0 radical (unpaired) electrons. The predicted octanol–water partition coefficient (Wildman–Crippen LogP) is 2.59. The summed E-state index contributed by atoms with van der Waals surface area (Å²) in [6.07, 6.45) is 9.16. The van der Waals surface area contributed by atoms with Crippen LogP contribution in [-0.4, -0.2) is 95.0 Å². The van der Waals surface area contributed by atoms with Crippen molar-refractivity contribution in [2.75, 3.05) is 13.1 Å². The molecule has 0 aromatic carbocycles. The van der Waals surface area contributed by atoms with E-state index < -0.39 is 59.9 Å². The van der Waals surface area contributed by atoms with Gasteiger partial charge in [-0.25, -0.2) is 0 Å². The molecular weight excluding hydrogens is 644 g/mol. The van der Waals surface area contributed by atoms with Crippen LogP contribution in [-0.2, 0) is 28.8 Å². The van der Waals surface area contributed by atoms with Crippen LogP contribution in [0.25, 0.3) is 0 Å². The van der Waals surface area contributed by atoms with Crippen molar-refractivity contribution in [3.05, 3.63) is 0 Å². The predicted molar refractivity (Wildman–Crippen MR) is 194 cm³/mol. The zero-order valence-corrected chi connectivity index (χ0v) is 31.3. The van der Waals surface area contributed by atoms with E-state index in [-0.39, 0.29) is 44.1 Å². The fourth-order valence-corrected chi connectivity index (χ4v) is 5.64. The fourth-order valence-electron chi connectivity index (χ4n) is 5.64. The lowest BCUT2D eigenvalue weighted by molar-refractivity contribution is -0.137. The summed E-state index contributed by atoms with van der Waals surface area (Å²) in [5, 5.41) is 33.7. The number of nitrogens with one attached hydrogen (secondary N) is 5. The van der Waals surface area contributed by atoms with Crippen LogP contribution in [0.2, 0.25) is 0 Å². The first-order chi connectivity index (χ1) is 23.8. The van der Waals surface area contributed by atoms with Crippen molar-refractivity contribution in [3.8, 4) is 0 Å². The maximum absolute atomic E-state index is 13.3. The van der Waals surface area contributed by atoms with E-state index in [2.05, 4.69) is 40.4 Å². The maximum atomic E-state index is 13.3.